The van der Waals surface area contributed by atoms with Crippen molar-refractivity contribution in [3.63, 3.8) is 0 Å². The molecule has 0 atom stereocenters. The van der Waals surface area contributed by atoms with E-state index >= 15 is 0 Å². The molecule has 2 aromatic carbocycles. The van der Waals surface area contributed by atoms with Crippen LogP contribution in [0.4, 0.5) is 0 Å². The molecule has 0 saturated heterocycles. The van der Waals surface area contributed by atoms with E-state index in [0.29, 0.717) is 6.42 Å². The number of unbranched alkanes of at least 4 members (excludes halogenated alkanes) is 6. The average Bonchev–Trinajstić information content (AvgIpc) is 3.11. The summed E-state index contributed by atoms with van der Waals surface area (Å²) in [6.07, 6.45) is 8.94. The number of carbonyl (C=O) groups is 1. The molecule has 0 spiro atoms. The predicted molar refractivity (Wildman–Crippen MR) is 121 cm³/mol. The summed E-state index contributed by atoms with van der Waals surface area (Å²) in [6.45, 7) is 6.51. The van der Waals surface area contributed by atoms with Crippen LogP contribution < -0.4 is 0 Å². The molecule has 0 aromatic heterocycles. The summed E-state index contributed by atoms with van der Waals surface area (Å²) in [7, 11) is 10.9. The maximum atomic E-state index is 10.2. The molecule has 0 aliphatic rings. The van der Waals surface area contributed by atoms with Gasteiger partial charge in [0.1, 0.15) is 0 Å². The standard InChI is InChI=1S/C10H21NO.C9H7.C2H6Si.2ClH.Ti/c1-2-3-4-5-6-7-8-9-10(11)12;1-2-5-9-7-3-6-8(9)4-1;1-3-2;;;/h2-9H2,1H3,(H2,11,12);1-7H;1-2H3;2*1H;/q;-1;;;;+2/p-3. The molecule has 0 heterocycles. The summed E-state index contributed by atoms with van der Waals surface area (Å²) >= 11 is -0.556. The third kappa shape index (κ3) is 22.0. The van der Waals surface area contributed by atoms with E-state index in [1.165, 1.54) is 42.9 Å². The van der Waals surface area contributed by atoms with E-state index in [0.717, 1.165) is 22.4 Å². The minimum absolute atomic E-state index is 0.413. The van der Waals surface area contributed by atoms with Gasteiger partial charge in [-0.2, -0.15) is 17.5 Å². The van der Waals surface area contributed by atoms with Crippen molar-refractivity contribution in [2.24, 2.45) is 0 Å². The van der Waals surface area contributed by atoms with Gasteiger partial charge in [0.05, 0.1) is 0 Å². The minimum Gasteiger partial charge on any atom is -0.168 e. The zero-order valence-corrected chi connectivity index (χ0v) is 20.9. The Hall–Kier alpha value is -0.189. The molecule has 6 heteroatoms. The van der Waals surface area contributed by atoms with Crippen LogP contribution in [0.2, 0.25) is 13.1 Å². The fourth-order valence-corrected chi connectivity index (χ4v) is 2.31. The molecule has 2 radical (unpaired) electrons. The molecule has 0 aliphatic heterocycles. The summed E-state index contributed by atoms with van der Waals surface area (Å²) < 4.78 is 0. The second-order valence-corrected chi connectivity index (χ2v) is 9.60. The Kier molecular flexibility index (Phi) is 25.6. The molecule has 2 rings (SSSR count). The van der Waals surface area contributed by atoms with Crippen LogP contribution in [0.3, 0.4) is 0 Å². The van der Waals surface area contributed by atoms with Gasteiger partial charge < -0.3 is 10.5 Å². The van der Waals surface area contributed by atoms with Gasteiger partial charge in [-0.05, 0) is 12.8 Å². The Balaban J connectivity index is 0. The van der Waals surface area contributed by atoms with Gasteiger partial charge in [0, 0.05) is 15.4 Å². The van der Waals surface area contributed by atoms with E-state index < -0.39 is 22.9 Å². The average molecular weight is 462 g/mol. The third-order valence-electron chi connectivity index (χ3n) is 3.55. The number of amides is 1. The van der Waals surface area contributed by atoms with E-state index in [4.69, 9.17) is 24.3 Å². The van der Waals surface area contributed by atoms with Crippen molar-refractivity contribution in [1.82, 2.24) is 0 Å². The molecule has 0 fully saturated rings. The second-order valence-electron chi connectivity index (χ2n) is 6.02. The molecule has 27 heavy (non-hydrogen) atoms. The Morgan fingerprint density at radius 1 is 1.04 bits per heavy atom. The zero-order chi connectivity index (χ0) is 20.8. The van der Waals surface area contributed by atoms with Crippen LogP contribution in [0.15, 0.2) is 42.5 Å². The van der Waals surface area contributed by atoms with Crippen LogP contribution in [0.5, 0.6) is 0 Å². The molecule has 2 nitrogen and oxygen atoms in total. The molecular weight excluding hydrogens is 429 g/mol. The molecule has 2 aromatic rings. The fourth-order valence-electron chi connectivity index (χ4n) is 2.31. The first-order valence-electron chi connectivity index (χ1n) is 9.46. The molecule has 1 amide bonds. The zero-order valence-electron chi connectivity index (χ0n) is 16.9. The number of nitrogens with one attached hydrogen (secondary N) is 1. The van der Waals surface area contributed by atoms with Crippen molar-refractivity contribution in [3.8, 4) is 0 Å². The van der Waals surface area contributed by atoms with E-state index in [1.54, 1.807) is 0 Å². The van der Waals surface area contributed by atoms with Gasteiger partial charge in [-0.1, -0.05) is 64.6 Å². The first-order chi connectivity index (χ1) is 13.1. The van der Waals surface area contributed by atoms with E-state index in [1.807, 2.05) is 0 Å². The Morgan fingerprint density at radius 2 is 1.56 bits per heavy atom. The minimum atomic E-state index is -0.556. The Morgan fingerprint density at radius 3 is 2.07 bits per heavy atom. The first-order valence-corrected chi connectivity index (χ1v) is 15.8. The summed E-state index contributed by atoms with van der Waals surface area (Å²) in [5, 5.41) is 2.66. The first kappa shape index (κ1) is 29.0. The van der Waals surface area contributed by atoms with Crippen molar-refractivity contribution in [3.05, 3.63) is 48.2 Å². The van der Waals surface area contributed by atoms with Crippen LogP contribution in [0.25, 0.3) is 16.5 Å². The van der Waals surface area contributed by atoms with Crippen LogP contribution in [0, 0.1) is 0 Å². The normalized spacial score (nSPS) is 9.07. The quantitative estimate of drug-likeness (QED) is 0.221. The van der Waals surface area contributed by atoms with Gasteiger partial charge in [-0.15, -0.1) is 29.7 Å². The molecule has 0 unspecified atom stereocenters. The smallest absolute Gasteiger partial charge is 0.0809 e. The number of hydrogen-bond acceptors (Lipinski definition) is 1. The van der Waals surface area contributed by atoms with Crippen LogP contribution in [-0.4, -0.2) is 15.4 Å². The molecule has 0 aliphatic carbocycles. The van der Waals surface area contributed by atoms with Crippen molar-refractivity contribution >= 4 is 44.8 Å². The maximum absolute atomic E-state index is 10.2. The molecule has 0 bridgehead atoms. The summed E-state index contributed by atoms with van der Waals surface area (Å²) in [4.78, 5) is 10.2. The number of benzene rings is 1. The summed E-state index contributed by atoms with van der Waals surface area (Å²) in [5.74, 6) is -0.413. The van der Waals surface area contributed by atoms with Crippen molar-refractivity contribution < 1.29 is 21.8 Å². The maximum Gasteiger partial charge on any atom is -0.0809 e. The van der Waals surface area contributed by atoms with Gasteiger partial charge >= 0.3 is 35.6 Å². The Bertz CT molecular complexity index is 519. The van der Waals surface area contributed by atoms with E-state index in [2.05, 4.69) is 62.5 Å². The van der Waals surface area contributed by atoms with Crippen molar-refractivity contribution in [1.29, 1.82) is 0 Å². The van der Waals surface area contributed by atoms with Crippen molar-refractivity contribution in [2.75, 3.05) is 0 Å². The number of rotatable bonds is 8. The summed E-state index contributed by atoms with van der Waals surface area (Å²) in [6, 6.07) is 14.7. The number of hydrogen-bond donors (Lipinski definition) is 0. The predicted octanol–water partition coefficient (Wildman–Crippen LogP) is 8.43. The molecule has 152 valence electrons. The third-order valence-corrected chi connectivity index (χ3v) is 3.55. The van der Waals surface area contributed by atoms with E-state index in [-0.39, 0.29) is 0 Å². The van der Waals surface area contributed by atoms with E-state index in [9.17, 15) is 4.79 Å². The van der Waals surface area contributed by atoms with Crippen molar-refractivity contribution in [2.45, 2.75) is 71.4 Å². The van der Waals surface area contributed by atoms with Gasteiger partial charge in [0.15, 0.2) is 0 Å². The topological polar surface area (TPSA) is 40.9 Å². The molecule has 1 N–H and O–H groups in total. The van der Waals surface area contributed by atoms with Crippen LogP contribution >= 0.6 is 18.6 Å². The van der Waals surface area contributed by atoms with Gasteiger partial charge in [-0.3, -0.25) is 0 Å². The number of fused-ring (bicyclic) bond motifs is 1. The summed E-state index contributed by atoms with van der Waals surface area (Å²) in [5.41, 5.74) is 6.69. The van der Waals surface area contributed by atoms with Gasteiger partial charge in [0.2, 0.25) is 0 Å². The van der Waals surface area contributed by atoms with Crippen LogP contribution in [0.1, 0.15) is 58.3 Å². The van der Waals surface area contributed by atoms with Gasteiger partial charge in [0.25, 0.3) is 0 Å². The van der Waals surface area contributed by atoms with Gasteiger partial charge in [-0.25, -0.2) is 0 Å². The SMILES string of the molecule is CCCCCCCCCC([NH-])=O.C[Si]C.[Cl][Ti][Cl].c1ccc2[cH-]ccc2c1. The monoisotopic (exact) mass is 461 g/mol. The fraction of sp³-hybridized carbons (Fsp3) is 0.524. The Labute approximate surface area is 185 Å². The molecule has 0 saturated carbocycles. The number of halogens is 2. The largest absolute Gasteiger partial charge is 0.168 e. The number of carbonyl (C=O) groups excluding carboxylic acids is 1. The second kappa shape index (κ2) is 23.8. The van der Waals surface area contributed by atoms with Crippen LogP contribution in [-0.2, 0) is 21.8 Å². The molecular formula is C21H33Cl2NOSiTi-2.